The molecule has 0 aliphatic heterocycles. The Labute approximate surface area is 145 Å². The molecule has 112 valence electrons. The molecule has 2 rings (SSSR count). The zero-order chi connectivity index (χ0) is 14.8. The minimum Gasteiger partial charge on any atom is -0.207 e. The van der Waals surface area contributed by atoms with Gasteiger partial charge in [0.1, 0.15) is 0 Å². The van der Waals surface area contributed by atoms with Gasteiger partial charge in [0.2, 0.25) is 10.0 Å². The minimum absolute atomic E-state index is 0.0478. The van der Waals surface area contributed by atoms with Gasteiger partial charge in [0, 0.05) is 19.8 Å². The number of alkyl halides is 1. The van der Waals surface area contributed by atoms with E-state index in [0.717, 1.165) is 30.2 Å². The summed E-state index contributed by atoms with van der Waals surface area (Å²) in [6.45, 7) is 0. The topological polar surface area (TPSA) is 46.2 Å². The lowest BCUT2D eigenvalue weighted by atomic mass is 10.1. The summed E-state index contributed by atoms with van der Waals surface area (Å²) in [7, 11) is -3.52. The van der Waals surface area contributed by atoms with Crippen molar-refractivity contribution in [1.82, 2.24) is 4.72 Å². The first-order valence-corrected chi connectivity index (χ1v) is 10.5. The van der Waals surface area contributed by atoms with Crippen molar-refractivity contribution in [2.45, 2.75) is 47.9 Å². The molecule has 1 aromatic rings. The lowest BCUT2D eigenvalue weighted by molar-refractivity contribution is 0.520. The number of hydrogen-bond acceptors (Lipinski definition) is 2. The van der Waals surface area contributed by atoms with Crippen molar-refractivity contribution in [3.63, 3.8) is 0 Å². The Balaban J connectivity index is 2.24. The molecule has 0 amide bonds. The first-order chi connectivity index (χ1) is 9.40. The third kappa shape index (κ3) is 4.29. The standard InChI is InChI=1S/C13H16Br3NO2S/c14-9-6-7-11(16)13(8-9)20(18,19)17-12-5-3-1-2-4-10(12)15/h6-8,10,12,17H,1-5H2. The molecule has 1 aromatic carbocycles. The second kappa shape index (κ2) is 7.22. The molecule has 1 aliphatic carbocycles. The van der Waals surface area contributed by atoms with E-state index in [1.165, 1.54) is 6.42 Å². The smallest absolute Gasteiger partial charge is 0.207 e. The summed E-state index contributed by atoms with van der Waals surface area (Å²) in [5.41, 5.74) is 0. The van der Waals surface area contributed by atoms with Crippen LogP contribution in [0.15, 0.2) is 32.0 Å². The zero-order valence-corrected chi connectivity index (χ0v) is 16.4. The summed E-state index contributed by atoms with van der Waals surface area (Å²) in [6, 6.07) is 5.11. The van der Waals surface area contributed by atoms with E-state index in [2.05, 4.69) is 52.5 Å². The lowest BCUT2D eigenvalue weighted by Crippen LogP contribution is -2.40. The van der Waals surface area contributed by atoms with Crippen LogP contribution in [0.4, 0.5) is 0 Å². The normalized spacial score (nSPS) is 24.4. The van der Waals surface area contributed by atoms with Gasteiger partial charge in [-0.3, -0.25) is 0 Å². The summed E-state index contributed by atoms with van der Waals surface area (Å²) in [5, 5.41) is 0. The molecule has 0 radical (unpaired) electrons. The molecule has 0 heterocycles. The number of rotatable bonds is 3. The molecule has 2 unspecified atom stereocenters. The molecule has 1 aliphatic rings. The third-order valence-electron chi connectivity index (χ3n) is 3.42. The molecule has 2 atom stereocenters. The van der Waals surface area contributed by atoms with Gasteiger partial charge in [-0.15, -0.1) is 0 Å². The van der Waals surface area contributed by atoms with E-state index >= 15 is 0 Å². The molecular formula is C13H16Br3NO2S. The van der Waals surface area contributed by atoms with Gasteiger partial charge in [-0.25, -0.2) is 13.1 Å². The van der Waals surface area contributed by atoms with Crippen molar-refractivity contribution >= 4 is 57.8 Å². The molecule has 1 N–H and O–H groups in total. The highest BCUT2D eigenvalue weighted by molar-refractivity contribution is 9.11. The fraction of sp³-hybridized carbons (Fsp3) is 0.538. The molecule has 0 spiro atoms. The molecule has 7 heteroatoms. The number of benzene rings is 1. The second-order valence-corrected chi connectivity index (χ2v) is 9.59. The van der Waals surface area contributed by atoms with Crippen molar-refractivity contribution in [2.75, 3.05) is 0 Å². The third-order valence-corrected chi connectivity index (χ3v) is 7.49. The van der Waals surface area contributed by atoms with Gasteiger partial charge in [-0.1, -0.05) is 51.1 Å². The monoisotopic (exact) mass is 487 g/mol. The number of nitrogens with one attached hydrogen (secondary N) is 1. The molecule has 0 bridgehead atoms. The molecule has 0 saturated heterocycles. The van der Waals surface area contributed by atoms with Crippen LogP contribution in [0.25, 0.3) is 0 Å². The average Bonchev–Trinajstić information content (AvgIpc) is 2.57. The highest BCUT2D eigenvalue weighted by Crippen LogP contribution is 2.28. The van der Waals surface area contributed by atoms with E-state index < -0.39 is 10.0 Å². The Morgan fingerprint density at radius 2 is 1.80 bits per heavy atom. The van der Waals surface area contributed by atoms with E-state index in [9.17, 15) is 8.42 Å². The lowest BCUT2D eigenvalue weighted by Gasteiger charge is -2.21. The minimum atomic E-state index is -3.52. The first kappa shape index (κ1) is 16.9. The van der Waals surface area contributed by atoms with E-state index in [1.54, 1.807) is 12.1 Å². The molecule has 1 fully saturated rings. The molecule has 3 nitrogen and oxygen atoms in total. The SMILES string of the molecule is O=S(=O)(NC1CCCCCC1Br)c1cc(Br)ccc1Br. The first-order valence-electron chi connectivity index (χ1n) is 6.51. The highest BCUT2D eigenvalue weighted by Gasteiger charge is 2.28. The largest absolute Gasteiger partial charge is 0.242 e. The van der Waals surface area contributed by atoms with Gasteiger partial charge >= 0.3 is 0 Å². The van der Waals surface area contributed by atoms with Crippen LogP contribution in [0.5, 0.6) is 0 Å². The van der Waals surface area contributed by atoms with Gasteiger partial charge in [-0.05, 0) is 47.0 Å². The van der Waals surface area contributed by atoms with Crippen molar-refractivity contribution in [3.8, 4) is 0 Å². The summed E-state index contributed by atoms with van der Waals surface area (Å²) in [6.07, 6.45) is 5.26. The predicted molar refractivity (Wildman–Crippen MR) is 91.8 cm³/mol. The Hall–Kier alpha value is 0.570. The van der Waals surface area contributed by atoms with Gasteiger partial charge in [0.15, 0.2) is 0 Å². The molecule has 0 aromatic heterocycles. The van der Waals surface area contributed by atoms with E-state index in [4.69, 9.17) is 0 Å². The van der Waals surface area contributed by atoms with Gasteiger partial charge in [0.25, 0.3) is 0 Å². The quantitative estimate of drug-likeness (QED) is 0.498. The highest BCUT2D eigenvalue weighted by atomic mass is 79.9. The molecule has 1 saturated carbocycles. The summed E-state index contributed by atoms with van der Waals surface area (Å²) in [5.74, 6) is 0. The number of sulfonamides is 1. The van der Waals surface area contributed by atoms with Crippen LogP contribution in [0, 0.1) is 0 Å². The van der Waals surface area contributed by atoms with Crippen LogP contribution in [-0.4, -0.2) is 19.3 Å². The molecular weight excluding hydrogens is 474 g/mol. The maximum absolute atomic E-state index is 12.5. The summed E-state index contributed by atoms with van der Waals surface area (Å²) < 4.78 is 29.3. The Morgan fingerprint density at radius 1 is 1.10 bits per heavy atom. The van der Waals surface area contributed by atoms with E-state index in [-0.39, 0.29) is 15.8 Å². The average molecular weight is 490 g/mol. The van der Waals surface area contributed by atoms with Crippen LogP contribution in [0.2, 0.25) is 0 Å². The van der Waals surface area contributed by atoms with E-state index in [1.807, 2.05) is 6.07 Å². The summed E-state index contributed by atoms with van der Waals surface area (Å²) in [4.78, 5) is 0.474. The van der Waals surface area contributed by atoms with Crippen molar-refractivity contribution < 1.29 is 8.42 Å². The van der Waals surface area contributed by atoms with Crippen LogP contribution >= 0.6 is 47.8 Å². The summed E-state index contributed by atoms with van der Waals surface area (Å²) >= 11 is 10.2. The fourth-order valence-corrected chi connectivity index (χ4v) is 6.05. The predicted octanol–water partition coefficient (Wildman–Crippen LogP) is 4.59. The van der Waals surface area contributed by atoms with Crippen molar-refractivity contribution in [3.05, 3.63) is 27.1 Å². The van der Waals surface area contributed by atoms with Gasteiger partial charge in [0.05, 0.1) is 4.90 Å². The maximum Gasteiger partial charge on any atom is 0.242 e. The van der Waals surface area contributed by atoms with Crippen molar-refractivity contribution in [2.24, 2.45) is 0 Å². The van der Waals surface area contributed by atoms with Gasteiger partial charge in [-0.2, -0.15) is 0 Å². The fourth-order valence-electron chi connectivity index (χ4n) is 2.34. The van der Waals surface area contributed by atoms with Crippen LogP contribution < -0.4 is 4.72 Å². The number of halogens is 3. The van der Waals surface area contributed by atoms with E-state index in [0.29, 0.717) is 4.47 Å². The maximum atomic E-state index is 12.5. The van der Waals surface area contributed by atoms with Crippen LogP contribution in [0.1, 0.15) is 32.1 Å². The zero-order valence-electron chi connectivity index (χ0n) is 10.8. The Bertz CT molecular complexity index is 577. The molecule has 20 heavy (non-hydrogen) atoms. The van der Waals surface area contributed by atoms with Gasteiger partial charge < -0.3 is 0 Å². The van der Waals surface area contributed by atoms with Crippen LogP contribution in [-0.2, 0) is 10.0 Å². The number of hydrogen-bond donors (Lipinski definition) is 1. The Morgan fingerprint density at radius 3 is 2.55 bits per heavy atom. The van der Waals surface area contributed by atoms with Crippen LogP contribution in [0.3, 0.4) is 0 Å². The van der Waals surface area contributed by atoms with Crippen molar-refractivity contribution in [1.29, 1.82) is 0 Å². The second-order valence-electron chi connectivity index (χ2n) is 4.96. The Kier molecular flexibility index (Phi) is 6.11.